The van der Waals surface area contributed by atoms with Crippen molar-refractivity contribution >= 4 is 17.1 Å². The van der Waals surface area contributed by atoms with Crippen LogP contribution in [0.4, 0.5) is 0 Å². The van der Waals surface area contributed by atoms with Gasteiger partial charge < -0.3 is 19.3 Å². The quantitative estimate of drug-likeness (QED) is 0.0634. The van der Waals surface area contributed by atoms with Gasteiger partial charge in [0.05, 0.1) is 26.8 Å². The Morgan fingerprint density at radius 1 is 0.549 bits per heavy atom. The summed E-state index contributed by atoms with van der Waals surface area (Å²) in [5.74, 6) is 2.49. The molecule has 3 atom stereocenters. The van der Waals surface area contributed by atoms with Gasteiger partial charge in [-0.3, -0.25) is 19.5 Å². The Bertz CT molecular complexity index is 2480. The van der Waals surface area contributed by atoms with Gasteiger partial charge >= 0.3 is 0 Å². The van der Waals surface area contributed by atoms with E-state index in [0.717, 1.165) is 106 Å². The van der Waals surface area contributed by atoms with E-state index in [4.69, 9.17) is 9.47 Å². The zero-order chi connectivity index (χ0) is 49.2. The van der Waals surface area contributed by atoms with Gasteiger partial charge in [-0.1, -0.05) is 158 Å². The summed E-state index contributed by atoms with van der Waals surface area (Å²) in [6.45, 7) is 15.8. The fourth-order valence-electron chi connectivity index (χ4n) is 10.4. The number of hydrogen-bond donors (Lipinski definition) is 0. The Balaban J connectivity index is 0.832. The number of carbonyl (C=O) groups excluding carboxylic acids is 1. The molecule has 370 valence electrons. The van der Waals surface area contributed by atoms with Gasteiger partial charge in [0, 0.05) is 64.9 Å². The molecule has 6 aromatic rings. The van der Waals surface area contributed by atoms with E-state index in [2.05, 4.69) is 196 Å². The van der Waals surface area contributed by atoms with E-state index >= 15 is 0 Å². The van der Waals surface area contributed by atoms with E-state index in [1.807, 2.05) is 24.3 Å². The van der Waals surface area contributed by atoms with Crippen LogP contribution in [-0.4, -0.2) is 123 Å². The Morgan fingerprint density at radius 2 is 0.986 bits per heavy atom. The van der Waals surface area contributed by atoms with Crippen LogP contribution in [0.25, 0.3) is 11.1 Å². The first-order valence-electron chi connectivity index (χ1n) is 26.0. The molecule has 0 N–H and O–H groups in total. The maximum atomic E-state index is 14.5. The molecule has 0 aromatic heterocycles. The topological polar surface area (TPSA) is 51.7 Å². The van der Waals surface area contributed by atoms with Gasteiger partial charge in [0.15, 0.2) is 0 Å². The molecule has 0 saturated carbocycles. The van der Waals surface area contributed by atoms with Crippen molar-refractivity contribution < 1.29 is 14.3 Å². The highest BCUT2D eigenvalue weighted by Crippen LogP contribution is 2.30. The van der Waals surface area contributed by atoms with Crippen LogP contribution in [0, 0.1) is 5.92 Å². The van der Waals surface area contributed by atoms with Crippen LogP contribution in [0.1, 0.15) is 78.6 Å². The highest BCUT2D eigenvalue weighted by atomic mass is 16.5. The second-order valence-electron chi connectivity index (χ2n) is 19.4. The third-order valence-electron chi connectivity index (χ3n) is 14.9. The standard InChI is InChI=1S/C63H75N5O3/c1-50(53-27-31-59(70-3)32-28-53)67(40-36-61(55-19-9-5-10-20-55)56-21-11-6-12-22-56)47-46-65-44-42-64(43-45-65)38-17-18-52-35-39-66(48-52)49-63(69)68(51(2)54-29-33-60(71-4)34-30-54)41-37-62(57-23-13-7-14-24-57)58-25-15-8-16-26-58/h5-16,19-34,36-37,50-52H,17-18,35,38-49H2,1-4H3/t50-,51-,52?/m1/s1. The van der Waals surface area contributed by atoms with E-state index in [0.29, 0.717) is 19.0 Å². The molecule has 0 bridgehead atoms. The monoisotopic (exact) mass is 950 g/mol. The van der Waals surface area contributed by atoms with Crippen molar-refractivity contribution in [2.24, 2.45) is 5.92 Å². The lowest BCUT2D eigenvalue weighted by atomic mass is 9.97. The predicted molar refractivity (Wildman–Crippen MR) is 293 cm³/mol. The first-order valence-corrected chi connectivity index (χ1v) is 26.0. The van der Waals surface area contributed by atoms with Crippen LogP contribution >= 0.6 is 0 Å². The summed E-state index contributed by atoms with van der Waals surface area (Å²) in [6, 6.07) is 59.5. The molecule has 1 amide bonds. The normalized spacial score (nSPS) is 16.3. The number of nitrogens with zero attached hydrogens (tertiary/aromatic N) is 5. The van der Waals surface area contributed by atoms with Crippen molar-refractivity contribution in [1.82, 2.24) is 24.5 Å². The van der Waals surface area contributed by atoms with Gasteiger partial charge in [0.2, 0.25) is 5.91 Å². The van der Waals surface area contributed by atoms with Gasteiger partial charge in [0.1, 0.15) is 11.5 Å². The average Bonchev–Trinajstić information content (AvgIpc) is 3.88. The second kappa shape index (κ2) is 26.2. The van der Waals surface area contributed by atoms with Crippen molar-refractivity contribution in [3.8, 4) is 11.5 Å². The first-order chi connectivity index (χ1) is 34.8. The summed E-state index contributed by atoms with van der Waals surface area (Å²) in [5.41, 5.74) is 9.58. The zero-order valence-electron chi connectivity index (χ0n) is 42.6. The van der Waals surface area contributed by atoms with E-state index in [9.17, 15) is 4.79 Å². The van der Waals surface area contributed by atoms with E-state index in [1.54, 1.807) is 14.2 Å². The predicted octanol–water partition coefficient (Wildman–Crippen LogP) is 11.6. The van der Waals surface area contributed by atoms with Crippen LogP contribution in [0.15, 0.2) is 182 Å². The molecule has 0 spiro atoms. The van der Waals surface area contributed by atoms with Crippen molar-refractivity contribution in [2.45, 2.75) is 45.2 Å². The SMILES string of the molecule is COc1ccc([C@@H](C)N(CC=C(c2ccccc2)c2ccccc2)CCN2CCN(CCCC3CCN(CC(=O)N(CC=C(c4ccccc4)c4ccccc4)[C@H](C)c4ccc(OC)cc4)C3)CC2)cc1. The minimum Gasteiger partial charge on any atom is -0.497 e. The van der Waals surface area contributed by atoms with Crippen molar-refractivity contribution in [3.05, 3.63) is 215 Å². The van der Waals surface area contributed by atoms with Gasteiger partial charge in [-0.2, -0.15) is 0 Å². The molecule has 8 rings (SSSR count). The Kier molecular flexibility index (Phi) is 18.9. The summed E-state index contributed by atoms with van der Waals surface area (Å²) in [7, 11) is 3.42. The zero-order valence-corrected chi connectivity index (χ0v) is 42.6. The molecule has 2 aliphatic rings. The molecule has 0 radical (unpaired) electrons. The first kappa shape index (κ1) is 51.1. The molecular weight excluding hydrogens is 875 g/mol. The van der Waals surface area contributed by atoms with Crippen LogP contribution < -0.4 is 9.47 Å². The lowest BCUT2D eigenvalue weighted by Crippen LogP contribution is -2.48. The highest BCUT2D eigenvalue weighted by molar-refractivity contribution is 5.82. The summed E-state index contributed by atoms with van der Waals surface area (Å²) in [6.07, 6.45) is 8.22. The lowest BCUT2D eigenvalue weighted by Gasteiger charge is -2.37. The number of carbonyl (C=O) groups is 1. The number of hydrogen-bond acceptors (Lipinski definition) is 7. The van der Waals surface area contributed by atoms with Gasteiger partial charge in [0.25, 0.3) is 0 Å². The van der Waals surface area contributed by atoms with Crippen LogP contribution in [0.5, 0.6) is 11.5 Å². The number of piperazine rings is 1. The number of benzene rings is 6. The number of rotatable bonds is 23. The van der Waals surface area contributed by atoms with Crippen LogP contribution in [-0.2, 0) is 4.79 Å². The van der Waals surface area contributed by atoms with Gasteiger partial charge in [-0.05, 0) is 121 Å². The Morgan fingerprint density at radius 3 is 1.45 bits per heavy atom. The molecule has 71 heavy (non-hydrogen) atoms. The van der Waals surface area contributed by atoms with Crippen molar-refractivity contribution in [1.29, 1.82) is 0 Å². The highest BCUT2D eigenvalue weighted by Gasteiger charge is 2.29. The van der Waals surface area contributed by atoms with Crippen LogP contribution in [0.3, 0.4) is 0 Å². The summed E-state index contributed by atoms with van der Waals surface area (Å²) in [5, 5.41) is 0. The number of amides is 1. The summed E-state index contributed by atoms with van der Waals surface area (Å²) < 4.78 is 11.0. The third-order valence-corrected chi connectivity index (χ3v) is 14.9. The molecule has 0 aliphatic carbocycles. The van der Waals surface area contributed by atoms with Gasteiger partial charge in [-0.15, -0.1) is 0 Å². The molecule has 8 nitrogen and oxygen atoms in total. The molecule has 2 saturated heterocycles. The lowest BCUT2D eigenvalue weighted by molar-refractivity contribution is -0.133. The molecule has 1 unspecified atom stereocenters. The van der Waals surface area contributed by atoms with E-state index < -0.39 is 0 Å². The minimum atomic E-state index is -0.103. The van der Waals surface area contributed by atoms with Gasteiger partial charge in [-0.25, -0.2) is 0 Å². The number of methoxy groups -OCH3 is 2. The second-order valence-corrected chi connectivity index (χ2v) is 19.4. The number of likely N-dealkylation sites (tertiary alicyclic amines) is 1. The molecule has 2 fully saturated rings. The fraction of sp³-hybridized carbons (Fsp3) is 0.349. The maximum absolute atomic E-state index is 14.5. The Hall–Kier alpha value is -6.29. The van der Waals surface area contributed by atoms with Crippen LogP contribution in [0.2, 0.25) is 0 Å². The van der Waals surface area contributed by atoms with Crippen molar-refractivity contribution in [3.63, 3.8) is 0 Å². The fourth-order valence-corrected chi connectivity index (χ4v) is 10.4. The molecular formula is C63H75N5O3. The maximum Gasteiger partial charge on any atom is 0.237 e. The smallest absolute Gasteiger partial charge is 0.237 e. The Labute approximate surface area is 424 Å². The third kappa shape index (κ3) is 14.4. The largest absolute Gasteiger partial charge is 0.497 e. The van der Waals surface area contributed by atoms with Crippen molar-refractivity contribution in [2.75, 3.05) is 92.8 Å². The summed E-state index contributed by atoms with van der Waals surface area (Å²) >= 11 is 0. The number of ether oxygens (including phenoxy) is 2. The molecule has 8 heteroatoms. The average molecular weight is 950 g/mol. The summed E-state index contributed by atoms with van der Waals surface area (Å²) in [4.78, 5) is 26.9. The van der Waals surface area contributed by atoms with E-state index in [1.165, 1.54) is 35.1 Å². The molecule has 6 aromatic carbocycles. The molecule has 2 aliphatic heterocycles. The van der Waals surface area contributed by atoms with E-state index in [-0.39, 0.29) is 18.0 Å². The molecule has 2 heterocycles. The minimum absolute atomic E-state index is 0.103.